The largest absolute Gasteiger partial charge is 0.444 e. The summed E-state index contributed by atoms with van der Waals surface area (Å²) in [6.45, 7) is 12.8. The van der Waals surface area contributed by atoms with E-state index in [1.54, 1.807) is 11.0 Å². The van der Waals surface area contributed by atoms with E-state index < -0.39 is 5.60 Å². The van der Waals surface area contributed by atoms with Gasteiger partial charge in [-0.2, -0.15) is 4.98 Å². The highest BCUT2D eigenvalue weighted by Crippen LogP contribution is 2.31. The summed E-state index contributed by atoms with van der Waals surface area (Å²) in [5.41, 5.74) is 2.31. The van der Waals surface area contributed by atoms with Crippen LogP contribution in [0.25, 0.3) is 0 Å². The number of nitrogens with one attached hydrogen (secondary N) is 1. The Kier molecular flexibility index (Phi) is 9.28. The van der Waals surface area contributed by atoms with Crippen molar-refractivity contribution >= 4 is 41.1 Å². The first-order valence-electron chi connectivity index (χ1n) is 14.7. The van der Waals surface area contributed by atoms with E-state index in [0.29, 0.717) is 36.1 Å². The van der Waals surface area contributed by atoms with Crippen LogP contribution in [0.5, 0.6) is 0 Å². The zero-order chi connectivity index (χ0) is 28.3. The van der Waals surface area contributed by atoms with Crippen LogP contribution in [0.15, 0.2) is 18.2 Å². The summed E-state index contributed by atoms with van der Waals surface area (Å²) in [5, 5.41) is 4.72. The van der Waals surface area contributed by atoms with Gasteiger partial charge in [0.05, 0.1) is 12.2 Å². The Morgan fingerprint density at radius 2 is 1.82 bits per heavy atom. The minimum Gasteiger partial charge on any atom is -0.444 e. The van der Waals surface area contributed by atoms with Crippen molar-refractivity contribution in [1.29, 1.82) is 0 Å². The molecule has 4 heterocycles. The lowest BCUT2D eigenvalue weighted by Gasteiger charge is -2.35. The Morgan fingerprint density at radius 3 is 2.52 bits per heavy atom. The number of halogens is 2. The van der Waals surface area contributed by atoms with Crippen molar-refractivity contribution in [3.8, 4) is 0 Å². The zero-order valence-electron chi connectivity index (χ0n) is 24.0. The fourth-order valence-corrected chi connectivity index (χ4v) is 6.28. The lowest BCUT2D eigenvalue weighted by molar-refractivity contribution is 0.0223. The highest BCUT2D eigenvalue weighted by Gasteiger charge is 2.30. The van der Waals surface area contributed by atoms with Gasteiger partial charge in [-0.25, -0.2) is 9.78 Å². The van der Waals surface area contributed by atoms with E-state index in [9.17, 15) is 4.79 Å². The number of nitrogens with zero attached hydrogens (tertiary/aromatic N) is 5. The lowest BCUT2D eigenvalue weighted by Crippen LogP contribution is -2.41. The van der Waals surface area contributed by atoms with Crippen LogP contribution in [0.1, 0.15) is 69.7 Å². The molecule has 2 fully saturated rings. The number of likely N-dealkylation sites (tertiary alicyclic amines) is 1. The van der Waals surface area contributed by atoms with Gasteiger partial charge >= 0.3 is 6.09 Å². The summed E-state index contributed by atoms with van der Waals surface area (Å²) in [6, 6.07) is 5.51. The Hall–Kier alpha value is -2.29. The lowest BCUT2D eigenvalue weighted by atomic mass is 9.93. The molecule has 0 atom stereocenters. The molecule has 3 aliphatic heterocycles. The first kappa shape index (κ1) is 29.2. The molecule has 1 aromatic heterocycles. The second-order valence-corrected chi connectivity index (χ2v) is 13.2. The fourth-order valence-electron chi connectivity index (χ4n) is 5.81. The first-order chi connectivity index (χ1) is 19.1. The van der Waals surface area contributed by atoms with Crippen molar-refractivity contribution in [3.63, 3.8) is 0 Å². The molecule has 10 heteroatoms. The zero-order valence-corrected chi connectivity index (χ0v) is 25.5. The number of amides is 1. The van der Waals surface area contributed by atoms with Crippen molar-refractivity contribution in [3.05, 3.63) is 45.1 Å². The van der Waals surface area contributed by atoms with Crippen LogP contribution in [-0.2, 0) is 24.2 Å². The van der Waals surface area contributed by atoms with E-state index in [1.165, 1.54) is 51.7 Å². The van der Waals surface area contributed by atoms with Gasteiger partial charge in [0.15, 0.2) is 0 Å². The van der Waals surface area contributed by atoms with E-state index >= 15 is 0 Å². The average Bonchev–Trinajstić information content (AvgIpc) is 3.44. The second-order valence-electron chi connectivity index (χ2n) is 12.3. The topological polar surface area (TPSA) is 73.8 Å². The molecule has 5 rings (SSSR count). The number of hydrogen-bond donors (Lipinski definition) is 1. The minimum atomic E-state index is -0.551. The van der Waals surface area contributed by atoms with Gasteiger partial charge in [0.25, 0.3) is 0 Å². The molecular weight excluding hydrogens is 547 g/mol. The molecule has 8 nitrogen and oxygen atoms in total. The molecule has 1 aromatic carbocycles. The molecule has 2 aromatic rings. The molecule has 0 spiro atoms. The molecule has 218 valence electrons. The van der Waals surface area contributed by atoms with Gasteiger partial charge in [0.2, 0.25) is 5.95 Å². The van der Waals surface area contributed by atoms with Gasteiger partial charge in [-0.05, 0) is 96.1 Å². The van der Waals surface area contributed by atoms with Gasteiger partial charge in [-0.3, -0.25) is 0 Å². The summed E-state index contributed by atoms with van der Waals surface area (Å²) in [6.07, 6.45) is 6.67. The van der Waals surface area contributed by atoms with Gasteiger partial charge in [-0.15, -0.1) is 0 Å². The van der Waals surface area contributed by atoms with Crippen LogP contribution in [-0.4, -0.2) is 70.7 Å². The molecule has 0 bridgehead atoms. The van der Waals surface area contributed by atoms with E-state index in [4.69, 9.17) is 37.9 Å². The van der Waals surface area contributed by atoms with Crippen LogP contribution < -0.4 is 10.2 Å². The number of carbonyl (C=O) groups excluding carboxylic acids is 1. The van der Waals surface area contributed by atoms with E-state index in [-0.39, 0.29) is 6.09 Å². The monoisotopic (exact) mass is 588 g/mol. The Morgan fingerprint density at radius 1 is 1.07 bits per heavy atom. The quantitative estimate of drug-likeness (QED) is 0.401. The van der Waals surface area contributed by atoms with Crippen LogP contribution in [0, 0.1) is 5.92 Å². The van der Waals surface area contributed by atoms with Crippen molar-refractivity contribution in [1.82, 2.24) is 19.8 Å². The number of aromatic nitrogens is 2. The maximum atomic E-state index is 12.9. The predicted octanol–water partition coefficient (Wildman–Crippen LogP) is 6.39. The Balaban J connectivity index is 1.31. The number of piperidine rings is 1. The van der Waals surface area contributed by atoms with E-state index in [2.05, 4.69) is 15.1 Å². The summed E-state index contributed by atoms with van der Waals surface area (Å²) in [7, 11) is 0. The van der Waals surface area contributed by atoms with Crippen molar-refractivity contribution in [2.45, 2.75) is 78.0 Å². The molecule has 0 radical (unpaired) electrons. The highest BCUT2D eigenvalue weighted by atomic mass is 35.5. The van der Waals surface area contributed by atoms with Crippen LogP contribution in [0.4, 0.5) is 16.6 Å². The molecular formula is C30H42Cl2N6O2. The number of carbonyl (C=O) groups is 1. The third kappa shape index (κ3) is 7.51. The molecule has 1 N–H and O–H groups in total. The smallest absolute Gasteiger partial charge is 0.410 e. The number of benzene rings is 1. The molecule has 40 heavy (non-hydrogen) atoms. The summed E-state index contributed by atoms with van der Waals surface area (Å²) < 4.78 is 5.65. The van der Waals surface area contributed by atoms with Crippen molar-refractivity contribution < 1.29 is 9.53 Å². The van der Waals surface area contributed by atoms with Gasteiger partial charge in [0, 0.05) is 48.2 Å². The first-order valence-corrected chi connectivity index (χ1v) is 15.4. The van der Waals surface area contributed by atoms with Crippen LogP contribution >= 0.6 is 23.2 Å². The number of anilines is 2. The number of rotatable bonds is 7. The van der Waals surface area contributed by atoms with Crippen LogP contribution in [0.3, 0.4) is 0 Å². The van der Waals surface area contributed by atoms with Crippen LogP contribution in [0.2, 0.25) is 10.0 Å². The van der Waals surface area contributed by atoms with Gasteiger partial charge in [-0.1, -0.05) is 29.3 Å². The van der Waals surface area contributed by atoms with E-state index in [0.717, 1.165) is 47.6 Å². The highest BCUT2D eigenvalue weighted by molar-refractivity contribution is 6.35. The molecule has 2 saturated heterocycles. The maximum absolute atomic E-state index is 12.9. The van der Waals surface area contributed by atoms with Crippen molar-refractivity contribution in [2.75, 3.05) is 49.5 Å². The fraction of sp³-hybridized carbons (Fsp3) is 0.633. The Bertz CT molecular complexity index is 1190. The Labute approximate surface area is 248 Å². The predicted molar refractivity (Wildman–Crippen MR) is 161 cm³/mol. The minimum absolute atomic E-state index is 0.315. The molecule has 1 amide bonds. The summed E-state index contributed by atoms with van der Waals surface area (Å²) >= 11 is 12.6. The molecule has 0 aliphatic carbocycles. The summed E-state index contributed by atoms with van der Waals surface area (Å²) in [4.78, 5) is 29.6. The average molecular weight is 590 g/mol. The number of fused-ring (bicyclic) bond motifs is 1. The summed E-state index contributed by atoms with van der Waals surface area (Å²) in [5.74, 6) is 2.28. The standard InChI is InChI=1S/C30H42Cl2N6O2/c1-30(2,3)40-29(39)38-17-11-26-24(20-38)27(33-19-22-6-7-23(31)18-25(22)32)35-28(34-26)37-15-9-21(10-16-37)8-14-36-12-4-5-13-36/h6-7,18,21H,4-5,8-17,19-20H2,1-3H3,(H,33,34,35). The third-order valence-electron chi connectivity index (χ3n) is 8.11. The molecule has 0 saturated carbocycles. The van der Waals surface area contributed by atoms with Gasteiger partial charge < -0.3 is 24.8 Å². The number of hydrogen-bond acceptors (Lipinski definition) is 7. The molecule has 0 unspecified atom stereocenters. The van der Waals surface area contributed by atoms with E-state index in [1.807, 2.05) is 32.9 Å². The normalized spacial score (nSPS) is 18.6. The van der Waals surface area contributed by atoms with Gasteiger partial charge in [0.1, 0.15) is 11.4 Å². The maximum Gasteiger partial charge on any atom is 0.410 e. The number of ether oxygens (including phenoxy) is 1. The van der Waals surface area contributed by atoms with Crippen molar-refractivity contribution in [2.24, 2.45) is 5.92 Å². The second kappa shape index (κ2) is 12.7. The molecule has 3 aliphatic rings. The SMILES string of the molecule is CC(C)(C)OC(=O)N1CCc2nc(N3CCC(CCN4CCCC4)CC3)nc(NCc3ccc(Cl)cc3Cl)c2C1. The third-order valence-corrected chi connectivity index (χ3v) is 8.70.